The fourth-order valence-corrected chi connectivity index (χ4v) is 2.83. The van der Waals surface area contributed by atoms with Crippen LogP contribution in [0.15, 0.2) is 47.4 Å². The average molecular weight is 350 g/mol. The van der Waals surface area contributed by atoms with E-state index in [1.807, 2.05) is 6.92 Å². The van der Waals surface area contributed by atoms with Crippen LogP contribution in [0.4, 0.5) is 0 Å². The summed E-state index contributed by atoms with van der Waals surface area (Å²) in [5, 5.41) is 0. The molecule has 0 saturated heterocycles. The molecule has 128 valence electrons. The Balaban J connectivity index is 1.95. The number of methoxy groups -OCH3 is 1. The first-order valence-corrected chi connectivity index (χ1v) is 8.59. The fourth-order valence-electron chi connectivity index (χ4n) is 1.93. The number of hydrogen-bond acceptors (Lipinski definition) is 6. The minimum atomic E-state index is -3.83. The van der Waals surface area contributed by atoms with Gasteiger partial charge in [0, 0.05) is 6.07 Å². The van der Waals surface area contributed by atoms with Crippen LogP contribution in [-0.2, 0) is 14.3 Å². The van der Waals surface area contributed by atoms with Crippen molar-refractivity contribution in [3.8, 4) is 11.5 Å². The number of carbonyl (C=O) groups is 1. The summed E-state index contributed by atoms with van der Waals surface area (Å²) in [6, 6.07) is 11.1. The highest BCUT2D eigenvalue weighted by Crippen LogP contribution is 2.23. The lowest BCUT2D eigenvalue weighted by Crippen LogP contribution is -2.13. The predicted octanol–water partition coefficient (Wildman–Crippen LogP) is 2.60. The summed E-state index contributed by atoms with van der Waals surface area (Å²) in [5.74, 6) is 0.837. The van der Waals surface area contributed by atoms with Gasteiger partial charge in [0.25, 0.3) is 10.1 Å². The first-order chi connectivity index (χ1) is 11.5. The van der Waals surface area contributed by atoms with Crippen LogP contribution >= 0.6 is 0 Å². The van der Waals surface area contributed by atoms with Gasteiger partial charge >= 0.3 is 0 Å². The van der Waals surface area contributed by atoms with Gasteiger partial charge in [0.1, 0.15) is 24.7 Å². The van der Waals surface area contributed by atoms with Gasteiger partial charge in [-0.3, -0.25) is 8.98 Å². The van der Waals surface area contributed by atoms with E-state index in [2.05, 4.69) is 0 Å². The predicted molar refractivity (Wildman–Crippen MR) is 88.2 cm³/mol. The van der Waals surface area contributed by atoms with Crippen LogP contribution in [0.2, 0.25) is 0 Å². The van der Waals surface area contributed by atoms with Gasteiger partial charge in [0.2, 0.25) is 0 Å². The topological polar surface area (TPSA) is 78.9 Å². The SMILES string of the molecule is COc1ccc(C=O)c(OCCOS(=O)(=O)c2ccc(C)cc2)c1. The number of aryl methyl sites for hydroxylation is 1. The summed E-state index contributed by atoms with van der Waals surface area (Å²) in [7, 11) is -2.34. The van der Waals surface area contributed by atoms with E-state index in [0.717, 1.165) is 5.56 Å². The van der Waals surface area contributed by atoms with Crippen molar-refractivity contribution in [2.24, 2.45) is 0 Å². The average Bonchev–Trinajstić information content (AvgIpc) is 2.59. The van der Waals surface area contributed by atoms with Crippen LogP contribution in [-0.4, -0.2) is 35.0 Å². The van der Waals surface area contributed by atoms with Crippen LogP contribution in [0.1, 0.15) is 15.9 Å². The second-order valence-electron chi connectivity index (χ2n) is 4.96. The molecule has 2 aromatic carbocycles. The lowest BCUT2D eigenvalue weighted by atomic mass is 10.2. The van der Waals surface area contributed by atoms with Crippen molar-refractivity contribution in [1.82, 2.24) is 0 Å². The molecule has 0 saturated carbocycles. The molecule has 7 heteroatoms. The minimum absolute atomic E-state index is 0.0287. The molecule has 24 heavy (non-hydrogen) atoms. The molecule has 0 aromatic heterocycles. The highest BCUT2D eigenvalue weighted by Gasteiger charge is 2.15. The van der Waals surface area contributed by atoms with Crippen LogP contribution < -0.4 is 9.47 Å². The zero-order chi connectivity index (χ0) is 17.6. The molecule has 6 nitrogen and oxygen atoms in total. The lowest BCUT2D eigenvalue weighted by Gasteiger charge is -2.10. The maximum absolute atomic E-state index is 12.0. The summed E-state index contributed by atoms with van der Waals surface area (Å²) in [6.45, 7) is 1.66. The molecule has 0 aliphatic carbocycles. The third-order valence-electron chi connectivity index (χ3n) is 3.24. The van der Waals surface area contributed by atoms with Crippen molar-refractivity contribution in [2.45, 2.75) is 11.8 Å². The van der Waals surface area contributed by atoms with E-state index in [4.69, 9.17) is 13.7 Å². The maximum Gasteiger partial charge on any atom is 0.297 e. The second kappa shape index (κ2) is 7.94. The molecule has 0 aliphatic rings. The van der Waals surface area contributed by atoms with E-state index in [0.29, 0.717) is 23.3 Å². The molecule has 0 bridgehead atoms. The summed E-state index contributed by atoms with van der Waals surface area (Å²) in [4.78, 5) is 11.1. The molecule has 2 aromatic rings. The van der Waals surface area contributed by atoms with E-state index in [9.17, 15) is 13.2 Å². The number of ether oxygens (including phenoxy) is 2. The molecule has 0 unspecified atom stereocenters. The van der Waals surface area contributed by atoms with Gasteiger partial charge in [-0.25, -0.2) is 0 Å². The number of hydrogen-bond donors (Lipinski definition) is 0. The van der Waals surface area contributed by atoms with Crippen LogP contribution in [0.3, 0.4) is 0 Å². The Hall–Kier alpha value is -2.38. The van der Waals surface area contributed by atoms with Gasteiger partial charge in [-0.15, -0.1) is 0 Å². The monoisotopic (exact) mass is 350 g/mol. The molecule has 0 atom stereocenters. The summed E-state index contributed by atoms with van der Waals surface area (Å²) >= 11 is 0. The third-order valence-corrected chi connectivity index (χ3v) is 4.56. The van der Waals surface area contributed by atoms with Gasteiger partial charge in [-0.1, -0.05) is 17.7 Å². The molecule has 0 fully saturated rings. The Morgan fingerprint density at radius 3 is 2.38 bits per heavy atom. The van der Waals surface area contributed by atoms with Crippen LogP contribution in [0, 0.1) is 6.92 Å². The molecular weight excluding hydrogens is 332 g/mol. The van der Waals surface area contributed by atoms with Crippen molar-refractivity contribution in [3.63, 3.8) is 0 Å². The van der Waals surface area contributed by atoms with Gasteiger partial charge < -0.3 is 9.47 Å². The highest BCUT2D eigenvalue weighted by atomic mass is 32.2. The number of carbonyl (C=O) groups excluding carboxylic acids is 1. The van der Waals surface area contributed by atoms with E-state index in [1.54, 1.807) is 30.3 Å². The lowest BCUT2D eigenvalue weighted by molar-refractivity contribution is 0.111. The maximum atomic E-state index is 12.0. The zero-order valence-corrected chi connectivity index (χ0v) is 14.2. The number of aldehydes is 1. The van der Waals surface area contributed by atoms with Crippen LogP contribution in [0.25, 0.3) is 0 Å². The Labute approximate surface area is 141 Å². The van der Waals surface area contributed by atoms with E-state index in [-0.39, 0.29) is 18.1 Å². The molecule has 0 aliphatic heterocycles. The molecule has 0 amide bonds. The molecule has 0 N–H and O–H groups in total. The zero-order valence-electron chi connectivity index (χ0n) is 13.4. The van der Waals surface area contributed by atoms with Gasteiger partial charge in [0.05, 0.1) is 17.6 Å². The number of benzene rings is 2. The summed E-state index contributed by atoms with van der Waals surface area (Å²) in [6.07, 6.45) is 0.651. The van der Waals surface area contributed by atoms with Crippen molar-refractivity contribution < 1.29 is 26.9 Å². The highest BCUT2D eigenvalue weighted by molar-refractivity contribution is 7.86. The van der Waals surface area contributed by atoms with Gasteiger partial charge in [-0.2, -0.15) is 8.42 Å². The van der Waals surface area contributed by atoms with E-state index >= 15 is 0 Å². The molecule has 0 heterocycles. The quantitative estimate of drug-likeness (QED) is 0.414. The van der Waals surface area contributed by atoms with E-state index in [1.165, 1.54) is 19.2 Å². The largest absolute Gasteiger partial charge is 0.497 e. The van der Waals surface area contributed by atoms with Crippen molar-refractivity contribution in [1.29, 1.82) is 0 Å². The van der Waals surface area contributed by atoms with Gasteiger partial charge in [-0.05, 0) is 31.2 Å². The Morgan fingerprint density at radius 1 is 1.04 bits per heavy atom. The Kier molecular flexibility index (Phi) is 5.94. The van der Waals surface area contributed by atoms with Crippen molar-refractivity contribution in [2.75, 3.05) is 20.3 Å². The first kappa shape index (κ1) is 18.0. The number of rotatable bonds is 8. The second-order valence-corrected chi connectivity index (χ2v) is 6.57. The molecule has 0 radical (unpaired) electrons. The minimum Gasteiger partial charge on any atom is -0.497 e. The summed E-state index contributed by atoms with van der Waals surface area (Å²) in [5.41, 5.74) is 1.30. The first-order valence-electron chi connectivity index (χ1n) is 7.18. The van der Waals surface area contributed by atoms with Crippen molar-refractivity contribution in [3.05, 3.63) is 53.6 Å². The fraction of sp³-hybridized carbons (Fsp3) is 0.235. The standard InChI is InChI=1S/C17H18O6S/c1-13-3-7-16(8-4-13)24(19,20)23-10-9-22-17-11-15(21-2)6-5-14(17)12-18/h3-8,11-12H,9-10H2,1-2H3. The smallest absolute Gasteiger partial charge is 0.297 e. The normalized spacial score (nSPS) is 11.1. The third kappa shape index (κ3) is 4.56. The van der Waals surface area contributed by atoms with Crippen molar-refractivity contribution >= 4 is 16.4 Å². The Morgan fingerprint density at radius 2 is 1.75 bits per heavy atom. The van der Waals surface area contributed by atoms with E-state index < -0.39 is 10.1 Å². The Bertz CT molecular complexity index is 796. The van der Waals surface area contributed by atoms with Gasteiger partial charge in [0.15, 0.2) is 6.29 Å². The summed E-state index contributed by atoms with van der Waals surface area (Å²) < 4.78 is 39.5. The van der Waals surface area contributed by atoms with Crippen LogP contribution in [0.5, 0.6) is 11.5 Å². The molecule has 0 spiro atoms. The molecular formula is C17H18O6S. The molecule has 2 rings (SSSR count).